The van der Waals surface area contributed by atoms with Crippen LogP contribution in [-0.2, 0) is 11.0 Å². The first-order chi connectivity index (χ1) is 10.3. The van der Waals surface area contributed by atoms with Gasteiger partial charge < -0.3 is 15.5 Å². The van der Waals surface area contributed by atoms with Crippen molar-refractivity contribution in [3.05, 3.63) is 28.2 Å². The summed E-state index contributed by atoms with van der Waals surface area (Å²) in [4.78, 5) is 15.1. The van der Waals surface area contributed by atoms with Gasteiger partial charge in [-0.25, -0.2) is 0 Å². The number of benzene rings is 1. The zero-order valence-electron chi connectivity index (χ0n) is 12.7. The highest BCUT2D eigenvalue weighted by Crippen LogP contribution is 2.38. The molecule has 1 heterocycles. The van der Waals surface area contributed by atoms with Crippen LogP contribution in [0.2, 0.25) is 0 Å². The molecule has 1 amide bonds. The van der Waals surface area contributed by atoms with E-state index < -0.39 is 11.7 Å². The first-order valence-corrected chi connectivity index (χ1v) is 7.72. The van der Waals surface area contributed by atoms with E-state index in [1.54, 1.807) is 15.9 Å². The highest BCUT2D eigenvalue weighted by atomic mass is 79.9. The second-order valence-corrected chi connectivity index (χ2v) is 5.98. The van der Waals surface area contributed by atoms with Gasteiger partial charge in [0, 0.05) is 49.3 Å². The van der Waals surface area contributed by atoms with Crippen LogP contribution in [0.4, 0.5) is 18.9 Å². The molecule has 24 heavy (non-hydrogen) atoms. The average Bonchev–Trinajstić information content (AvgIpc) is 2.47. The molecule has 0 radical (unpaired) electrons. The van der Waals surface area contributed by atoms with E-state index in [9.17, 15) is 18.0 Å². The van der Waals surface area contributed by atoms with E-state index in [0.29, 0.717) is 30.7 Å². The topological polar surface area (TPSA) is 49.6 Å². The Labute approximate surface area is 159 Å². The number of carbonyl (C=O) groups excluding carboxylic acids is 1. The van der Waals surface area contributed by atoms with Crippen LogP contribution in [0.3, 0.4) is 0 Å². The molecule has 138 valence electrons. The molecule has 1 aromatic carbocycles. The van der Waals surface area contributed by atoms with Crippen LogP contribution >= 0.6 is 40.7 Å². The number of nitrogens with two attached hydrogens (primary N) is 1. The molecule has 10 heteroatoms. The zero-order chi connectivity index (χ0) is 16.3. The van der Waals surface area contributed by atoms with Crippen molar-refractivity contribution in [3.8, 4) is 0 Å². The Morgan fingerprint density at radius 3 is 2.25 bits per heavy atom. The third-order valence-electron chi connectivity index (χ3n) is 3.60. The second kappa shape index (κ2) is 9.70. The standard InChI is InChI=1S/C14H17BrF3N3O.2ClH/c15-10-1-2-12(11(9-10)14(16,17)18)20-5-7-21(8-6-20)13(22)3-4-19;;/h1-2,9H,3-8,19H2;2*1H. The Hall–Kier alpha value is -0.700. The van der Waals surface area contributed by atoms with Gasteiger partial charge in [-0.3, -0.25) is 4.79 Å². The highest BCUT2D eigenvalue weighted by molar-refractivity contribution is 9.10. The van der Waals surface area contributed by atoms with Gasteiger partial charge in [0.1, 0.15) is 0 Å². The Morgan fingerprint density at radius 2 is 1.75 bits per heavy atom. The maximum atomic E-state index is 13.2. The predicted octanol–water partition coefficient (Wildman–Crippen LogP) is 3.31. The van der Waals surface area contributed by atoms with Crippen LogP contribution in [0.1, 0.15) is 12.0 Å². The summed E-state index contributed by atoms with van der Waals surface area (Å²) in [7, 11) is 0. The number of hydrogen-bond donors (Lipinski definition) is 1. The molecule has 1 aliphatic rings. The van der Waals surface area contributed by atoms with Crippen LogP contribution in [0, 0.1) is 0 Å². The SMILES string of the molecule is Cl.Cl.NCCC(=O)N1CCN(c2ccc(Br)cc2C(F)(F)F)CC1. The molecule has 1 saturated heterocycles. The molecular formula is C14H19BrCl2F3N3O. The second-order valence-electron chi connectivity index (χ2n) is 5.07. The normalized spacial score (nSPS) is 14.7. The Balaban J connectivity index is 0.00000264. The molecule has 2 rings (SSSR count). The highest BCUT2D eigenvalue weighted by Gasteiger charge is 2.35. The van der Waals surface area contributed by atoms with Gasteiger partial charge in [0.05, 0.1) is 5.56 Å². The van der Waals surface area contributed by atoms with Gasteiger partial charge in [-0.1, -0.05) is 15.9 Å². The van der Waals surface area contributed by atoms with E-state index in [1.165, 1.54) is 6.07 Å². The summed E-state index contributed by atoms with van der Waals surface area (Å²) in [5.74, 6) is -0.0472. The number of hydrogen-bond acceptors (Lipinski definition) is 3. The molecule has 0 bridgehead atoms. The molecule has 0 spiro atoms. The number of alkyl halides is 3. The van der Waals surface area contributed by atoms with Gasteiger partial charge in [-0.15, -0.1) is 24.8 Å². The predicted molar refractivity (Wildman–Crippen MR) is 96.1 cm³/mol. The summed E-state index contributed by atoms with van der Waals surface area (Å²) >= 11 is 3.08. The third-order valence-corrected chi connectivity index (χ3v) is 4.09. The fourth-order valence-electron chi connectivity index (χ4n) is 2.49. The molecule has 0 aliphatic carbocycles. The van der Waals surface area contributed by atoms with Crippen LogP contribution in [-0.4, -0.2) is 43.5 Å². The maximum absolute atomic E-state index is 13.2. The van der Waals surface area contributed by atoms with Crippen molar-refractivity contribution < 1.29 is 18.0 Å². The minimum Gasteiger partial charge on any atom is -0.367 e. The summed E-state index contributed by atoms with van der Waals surface area (Å²) in [6.07, 6.45) is -4.14. The maximum Gasteiger partial charge on any atom is 0.418 e. The number of anilines is 1. The van der Waals surface area contributed by atoms with Crippen molar-refractivity contribution in [2.45, 2.75) is 12.6 Å². The van der Waals surface area contributed by atoms with Gasteiger partial charge in [-0.2, -0.15) is 13.2 Å². The molecule has 1 aromatic rings. The minimum atomic E-state index is -4.41. The molecular weight excluding hydrogens is 434 g/mol. The Bertz CT molecular complexity index is 553. The fraction of sp³-hybridized carbons (Fsp3) is 0.500. The third kappa shape index (κ3) is 5.68. The number of piperazine rings is 1. The molecule has 0 aromatic heterocycles. The van der Waals surface area contributed by atoms with Crippen molar-refractivity contribution in [3.63, 3.8) is 0 Å². The van der Waals surface area contributed by atoms with E-state index in [2.05, 4.69) is 15.9 Å². The first kappa shape index (κ1) is 23.3. The van der Waals surface area contributed by atoms with Gasteiger partial charge >= 0.3 is 6.18 Å². The van der Waals surface area contributed by atoms with Crippen molar-refractivity contribution >= 4 is 52.3 Å². The summed E-state index contributed by atoms with van der Waals surface area (Å²) in [5.41, 5.74) is 4.84. The molecule has 4 nitrogen and oxygen atoms in total. The lowest BCUT2D eigenvalue weighted by Crippen LogP contribution is -2.49. The average molecular weight is 453 g/mol. The summed E-state index contributed by atoms with van der Waals surface area (Å²) in [6.45, 7) is 1.85. The fourth-order valence-corrected chi connectivity index (χ4v) is 2.85. The number of nitrogens with zero attached hydrogens (tertiary/aromatic N) is 2. The number of amides is 1. The van der Waals surface area contributed by atoms with Gasteiger partial charge in [-0.05, 0) is 18.2 Å². The molecule has 0 saturated carbocycles. The monoisotopic (exact) mass is 451 g/mol. The van der Waals surface area contributed by atoms with Crippen LogP contribution in [0.15, 0.2) is 22.7 Å². The van der Waals surface area contributed by atoms with Gasteiger partial charge in [0.15, 0.2) is 0 Å². The molecule has 2 N–H and O–H groups in total. The quantitative estimate of drug-likeness (QED) is 0.765. The van der Waals surface area contributed by atoms with E-state index in [4.69, 9.17) is 5.73 Å². The minimum absolute atomic E-state index is 0. The van der Waals surface area contributed by atoms with E-state index in [1.807, 2.05) is 0 Å². The van der Waals surface area contributed by atoms with Crippen molar-refractivity contribution in [1.82, 2.24) is 4.90 Å². The largest absolute Gasteiger partial charge is 0.418 e. The summed E-state index contributed by atoms with van der Waals surface area (Å²) < 4.78 is 39.9. The summed E-state index contributed by atoms with van der Waals surface area (Å²) in [6, 6.07) is 4.14. The number of carbonyl (C=O) groups is 1. The Morgan fingerprint density at radius 1 is 1.17 bits per heavy atom. The molecule has 1 aliphatic heterocycles. The number of rotatable bonds is 3. The lowest BCUT2D eigenvalue weighted by atomic mass is 10.1. The lowest BCUT2D eigenvalue weighted by Gasteiger charge is -2.37. The van der Waals surface area contributed by atoms with E-state index in [0.717, 1.165) is 6.07 Å². The lowest BCUT2D eigenvalue weighted by molar-refractivity contribution is -0.137. The molecule has 0 atom stereocenters. The van der Waals surface area contributed by atoms with Crippen molar-refractivity contribution in [1.29, 1.82) is 0 Å². The van der Waals surface area contributed by atoms with Crippen molar-refractivity contribution in [2.24, 2.45) is 5.73 Å². The Kier molecular flexibility index (Phi) is 9.41. The zero-order valence-corrected chi connectivity index (χ0v) is 15.9. The van der Waals surface area contributed by atoms with Crippen LogP contribution in [0.25, 0.3) is 0 Å². The number of halogens is 6. The molecule has 1 fully saturated rings. The van der Waals surface area contributed by atoms with Crippen molar-refractivity contribution in [2.75, 3.05) is 37.6 Å². The van der Waals surface area contributed by atoms with Gasteiger partial charge in [0.25, 0.3) is 0 Å². The van der Waals surface area contributed by atoms with Gasteiger partial charge in [0.2, 0.25) is 5.91 Å². The van der Waals surface area contributed by atoms with E-state index >= 15 is 0 Å². The summed E-state index contributed by atoms with van der Waals surface area (Å²) in [5, 5.41) is 0. The van der Waals surface area contributed by atoms with E-state index in [-0.39, 0.29) is 49.4 Å². The molecule has 0 unspecified atom stereocenters. The first-order valence-electron chi connectivity index (χ1n) is 6.92. The van der Waals surface area contributed by atoms with Crippen LogP contribution in [0.5, 0.6) is 0 Å². The van der Waals surface area contributed by atoms with Crippen LogP contribution < -0.4 is 10.6 Å². The smallest absolute Gasteiger partial charge is 0.367 e.